The molecule has 124 valence electrons. The molecule has 1 fully saturated rings. The van der Waals surface area contributed by atoms with Crippen LogP contribution in [0.5, 0.6) is 0 Å². The molecule has 1 atom stereocenters. The van der Waals surface area contributed by atoms with Gasteiger partial charge in [-0.05, 0) is 45.2 Å². The summed E-state index contributed by atoms with van der Waals surface area (Å²) in [7, 11) is 0. The van der Waals surface area contributed by atoms with Crippen LogP contribution in [0.4, 0.5) is 8.78 Å². The minimum Gasteiger partial charge on any atom is -0.345 e. The molecule has 0 aromatic carbocycles. The normalized spacial score (nSPS) is 20.4. The van der Waals surface area contributed by atoms with Crippen molar-refractivity contribution in [1.29, 1.82) is 0 Å². The number of aromatic nitrogens is 2. The second-order valence-corrected chi connectivity index (χ2v) is 6.76. The van der Waals surface area contributed by atoms with Crippen LogP contribution in [0.3, 0.4) is 0 Å². The molecule has 0 spiro atoms. The molecule has 0 aliphatic carbocycles. The van der Waals surface area contributed by atoms with Crippen LogP contribution in [0.25, 0.3) is 0 Å². The van der Waals surface area contributed by atoms with Crippen molar-refractivity contribution in [2.75, 3.05) is 19.6 Å². The molecule has 0 unspecified atom stereocenters. The largest absolute Gasteiger partial charge is 0.345 e. The van der Waals surface area contributed by atoms with Crippen molar-refractivity contribution in [3.63, 3.8) is 0 Å². The highest BCUT2D eigenvalue weighted by atomic mass is 19.3. The quantitative estimate of drug-likeness (QED) is 0.908. The SMILES string of the molecule is C[C@H]1CCCN(CC(C)(C)NC(=O)c2ccnn2C(F)F)C1. The number of amides is 1. The molecule has 1 aliphatic rings. The fraction of sp³-hybridized carbons (Fsp3) is 0.733. The highest BCUT2D eigenvalue weighted by Gasteiger charge is 2.28. The van der Waals surface area contributed by atoms with Crippen molar-refractivity contribution in [1.82, 2.24) is 20.0 Å². The summed E-state index contributed by atoms with van der Waals surface area (Å²) in [6.45, 7) is 5.94. The number of hydrogen-bond donors (Lipinski definition) is 1. The number of nitrogens with zero attached hydrogens (tertiary/aromatic N) is 3. The Labute approximate surface area is 129 Å². The summed E-state index contributed by atoms with van der Waals surface area (Å²) in [4.78, 5) is 14.5. The van der Waals surface area contributed by atoms with Gasteiger partial charge in [-0.2, -0.15) is 18.6 Å². The molecular weight excluding hydrogens is 290 g/mol. The fourth-order valence-corrected chi connectivity index (χ4v) is 3.05. The Bertz CT molecular complexity index is 515. The summed E-state index contributed by atoms with van der Waals surface area (Å²) in [6, 6.07) is 1.31. The van der Waals surface area contributed by atoms with Crippen molar-refractivity contribution < 1.29 is 13.6 Å². The molecule has 5 nitrogen and oxygen atoms in total. The van der Waals surface area contributed by atoms with E-state index in [0.717, 1.165) is 19.5 Å². The minimum atomic E-state index is -2.82. The van der Waals surface area contributed by atoms with Gasteiger partial charge in [0, 0.05) is 24.8 Å². The number of carbonyl (C=O) groups excluding carboxylic acids is 1. The Kier molecular flexibility index (Phi) is 5.16. The predicted molar refractivity (Wildman–Crippen MR) is 79.9 cm³/mol. The molecule has 0 radical (unpaired) electrons. The molecule has 0 bridgehead atoms. The first-order valence-electron chi connectivity index (χ1n) is 7.65. The van der Waals surface area contributed by atoms with E-state index in [2.05, 4.69) is 22.2 Å². The van der Waals surface area contributed by atoms with E-state index in [0.29, 0.717) is 17.1 Å². The molecule has 1 aliphatic heterocycles. The summed E-state index contributed by atoms with van der Waals surface area (Å²) >= 11 is 0. The first-order chi connectivity index (χ1) is 10.3. The van der Waals surface area contributed by atoms with Gasteiger partial charge in [-0.15, -0.1) is 0 Å². The Morgan fingerprint density at radius 3 is 2.91 bits per heavy atom. The summed E-state index contributed by atoms with van der Waals surface area (Å²) in [5.41, 5.74) is -0.610. The van der Waals surface area contributed by atoms with Gasteiger partial charge < -0.3 is 10.2 Å². The second-order valence-electron chi connectivity index (χ2n) is 6.76. The topological polar surface area (TPSA) is 50.2 Å². The molecule has 1 aromatic rings. The van der Waals surface area contributed by atoms with Gasteiger partial charge in [-0.1, -0.05) is 6.92 Å². The lowest BCUT2D eigenvalue weighted by Gasteiger charge is -2.37. The van der Waals surface area contributed by atoms with Crippen molar-refractivity contribution in [2.24, 2.45) is 5.92 Å². The lowest BCUT2D eigenvalue weighted by atomic mass is 9.97. The summed E-state index contributed by atoms with van der Waals surface area (Å²) in [6.07, 6.45) is 3.60. The Morgan fingerprint density at radius 1 is 1.55 bits per heavy atom. The van der Waals surface area contributed by atoms with E-state index in [1.54, 1.807) is 0 Å². The summed E-state index contributed by atoms with van der Waals surface area (Å²) in [5.74, 6) is 0.133. The standard InChI is InChI=1S/C15H24F2N4O/c1-11-5-4-8-20(9-11)10-15(2,3)19-13(22)12-6-7-18-21(12)14(16)17/h6-7,11,14H,4-5,8-10H2,1-3H3,(H,19,22)/t11-/m0/s1. The molecule has 1 N–H and O–H groups in total. The molecule has 7 heteroatoms. The number of carbonyl (C=O) groups is 1. The molecule has 0 saturated carbocycles. The zero-order chi connectivity index (χ0) is 16.3. The zero-order valence-electron chi connectivity index (χ0n) is 13.4. The number of hydrogen-bond acceptors (Lipinski definition) is 3. The van der Waals surface area contributed by atoms with Crippen LogP contribution in [-0.4, -0.2) is 45.8 Å². The smallest absolute Gasteiger partial charge is 0.333 e. The average Bonchev–Trinajstić information content (AvgIpc) is 2.86. The van der Waals surface area contributed by atoms with Crippen molar-refractivity contribution in [3.8, 4) is 0 Å². The van der Waals surface area contributed by atoms with E-state index in [-0.39, 0.29) is 5.69 Å². The van der Waals surface area contributed by atoms with Gasteiger partial charge >= 0.3 is 6.55 Å². The van der Waals surface area contributed by atoms with Gasteiger partial charge in [-0.3, -0.25) is 4.79 Å². The minimum absolute atomic E-state index is 0.116. The van der Waals surface area contributed by atoms with Crippen LogP contribution in [0.2, 0.25) is 0 Å². The third kappa shape index (κ3) is 4.25. The monoisotopic (exact) mass is 314 g/mol. The predicted octanol–water partition coefficient (Wildman–Crippen LogP) is 2.52. The van der Waals surface area contributed by atoms with Crippen LogP contribution in [-0.2, 0) is 0 Å². The Morgan fingerprint density at radius 2 is 2.27 bits per heavy atom. The maximum absolute atomic E-state index is 12.8. The van der Waals surface area contributed by atoms with Gasteiger partial charge in [-0.25, -0.2) is 0 Å². The molecule has 1 aromatic heterocycles. The Balaban J connectivity index is 1.98. The van der Waals surface area contributed by atoms with Crippen LogP contribution in [0, 0.1) is 5.92 Å². The Hall–Kier alpha value is -1.50. The highest BCUT2D eigenvalue weighted by molar-refractivity contribution is 5.93. The molecule has 22 heavy (non-hydrogen) atoms. The van der Waals surface area contributed by atoms with E-state index in [9.17, 15) is 13.6 Å². The van der Waals surface area contributed by atoms with Crippen molar-refractivity contribution in [3.05, 3.63) is 18.0 Å². The molecular formula is C15H24F2N4O. The van der Waals surface area contributed by atoms with Crippen molar-refractivity contribution >= 4 is 5.91 Å². The van der Waals surface area contributed by atoms with Gasteiger partial charge in [0.2, 0.25) is 0 Å². The van der Waals surface area contributed by atoms with Gasteiger partial charge in [0.05, 0.1) is 0 Å². The van der Waals surface area contributed by atoms with E-state index >= 15 is 0 Å². The third-order valence-corrected chi connectivity index (χ3v) is 3.90. The van der Waals surface area contributed by atoms with E-state index in [1.807, 2.05) is 13.8 Å². The fourth-order valence-electron chi connectivity index (χ4n) is 3.05. The van der Waals surface area contributed by atoms with Crippen LogP contribution >= 0.6 is 0 Å². The van der Waals surface area contributed by atoms with E-state index < -0.39 is 18.0 Å². The van der Waals surface area contributed by atoms with Gasteiger partial charge in [0.1, 0.15) is 5.69 Å². The summed E-state index contributed by atoms with van der Waals surface area (Å²) in [5, 5.41) is 6.33. The van der Waals surface area contributed by atoms with Crippen molar-refractivity contribution in [2.45, 2.75) is 45.7 Å². The second kappa shape index (κ2) is 6.73. The first-order valence-corrected chi connectivity index (χ1v) is 7.65. The number of halogens is 2. The third-order valence-electron chi connectivity index (χ3n) is 3.90. The number of piperidine rings is 1. The average molecular weight is 314 g/mol. The maximum atomic E-state index is 12.8. The number of rotatable bonds is 5. The first kappa shape index (κ1) is 16.9. The van der Waals surface area contributed by atoms with Crippen LogP contribution < -0.4 is 5.32 Å². The molecule has 2 heterocycles. The van der Waals surface area contributed by atoms with E-state index in [4.69, 9.17) is 0 Å². The van der Waals surface area contributed by atoms with Crippen LogP contribution in [0.1, 0.15) is 50.7 Å². The molecule has 1 saturated heterocycles. The van der Waals surface area contributed by atoms with E-state index in [1.165, 1.54) is 18.7 Å². The molecule has 1 amide bonds. The van der Waals surface area contributed by atoms with Gasteiger partial charge in [0.25, 0.3) is 5.91 Å². The number of alkyl halides is 2. The van der Waals surface area contributed by atoms with Crippen LogP contribution in [0.15, 0.2) is 12.3 Å². The number of likely N-dealkylation sites (tertiary alicyclic amines) is 1. The summed E-state index contributed by atoms with van der Waals surface area (Å²) < 4.78 is 26.0. The lowest BCUT2D eigenvalue weighted by Crippen LogP contribution is -2.53. The zero-order valence-corrected chi connectivity index (χ0v) is 13.4. The lowest BCUT2D eigenvalue weighted by molar-refractivity contribution is 0.0497. The molecule has 2 rings (SSSR count). The highest BCUT2D eigenvalue weighted by Crippen LogP contribution is 2.18. The maximum Gasteiger partial charge on any atom is 0.333 e. The number of nitrogens with one attached hydrogen (secondary N) is 1. The van der Waals surface area contributed by atoms with Gasteiger partial charge in [0.15, 0.2) is 0 Å².